The molecule has 0 aromatic heterocycles. The minimum absolute atomic E-state index is 0.0455. The second-order valence-corrected chi connectivity index (χ2v) is 34.6. The van der Waals surface area contributed by atoms with Crippen molar-refractivity contribution in [1.82, 2.24) is 0 Å². The fourth-order valence-corrected chi connectivity index (χ4v) is 18.9. The smallest absolute Gasteiger partial charge is 0.426 e. The van der Waals surface area contributed by atoms with Gasteiger partial charge in [-0.2, -0.15) is 26.3 Å². The van der Waals surface area contributed by atoms with Crippen molar-refractivity contribution >= 4 is 46.6 Å². The maximum atomic E-state index is 12.8. The van der Waals surface area contributed by atoms with E-state index in [9.17, 15) is 65.3 Å². The summed E-state index contributed by atoms with van der Waals surface area (Å²) in [6, 6.07) is 11.5. The number of rotatable bonds is 17. The van der Waals surface area contributed by atoms with Gasteiger partial charge in [0.2, 0.25) is 0 Å². The SMILES string of the molecule is CCC(C)(C)C(=O)OC1(CC)CC2CC1C1C3CCC(C3)C21.CCC(C)(C)C(=O)OC12CC3CC(CC(O)(C3)C1)C2.CCC(C)(C)C(=O)OC1C2CC3C(=O)OC1C3O2.CCC(C)(C)C(=O)OC1CCC(C(O)(C(F)(F)F)C(F)(F)F)CC1.CCC(C)c1ccc2cc(C(=O)O)ccc2c1. The minimum Gasteiger partial charge on any atom is -0.478 e. The molecule has 100 heavy (non-hydrogen) atoms. The molecule has 21 heteroatoms. The molecule has 9 aliphatic carbocycles. The molecule has 15 atom stereocenters. The predicted molar refractivity (Wildman–Crippen MR) is 363 cm³/mol. The van der Waals surface area contributed by atoms with Crippen LogP contribution in [0.3, 0.4) is 0 Å². The lowest BCUT2D eigenvalue weighted by atomic mass is 9.52. The van der Waals surface area contributed by atoms with E-state index in [1.807, 2.05) is 67.5 Å². The summed E-state index contributed by atoms with van der Waals surface area (Å²) < 4.78 is 111. The maximum absolute atomic E-state index is 12.8. The highest BCUT2D eigenvalue weighted by Gasteiger charge is 2.74. The fraction of sp³-hybridized carbons (Fsp3) is 0.797. The van der Waals surface area contributed by atoms with E-state index in [0.717, 1.165) is 98.1 Å². The van der Waals surface area contributed by atoms with Gasteiger partial charge in [0.25, 0.3) is 5.60 Å². The standard InChI is InChI=1S/C20H32O2.C16H26O3.C15H22F6O3.C15H16O2.C13H18O5/c1-5-19(3,4)18(21)22-20(6-2)11-14-10-15(20)17-13-8-7-12(9-13)16(14)17;1-4-14(2,3)13(17)19-16-8-11-5-12(9-16)7-15(18,6-11)10-16;1-4-12(2,3)11(22)24-10-7-5-9(6-8-10)13(23,14(16,17)18)15(19,20)21;1-3-10(2)11-4-5-13-9-14(15(16)17)7-6-12(13)8-11;1-4-13(2,3)12(15)18-9-7-5-6-8(16-7)10(9)17-11(6)14/h12-17H,5-11H2,1-4H3;11-12,18H,4-10H2,1-3H3;9-10,23H,4-8H2,1-3H3;4-10H,3H2,1-2H3,(H,16,17);6-10H,4-5H2,1-3H3. The number of carboxylic acid groups (broad SMARTS) is 1. The highest BCUT2D eigenvalue weighted by atomic mass is 19.4. The van der Waals surface area contributed by atoms with Crippen LogP contribution in [0, 0.1) is 80.8 Å². The number of fused-ring (bicyclic) bond motifs is 11. The number of benzene rings is 2. The van der Waals surface area contributed by atoms with E-state index in [1.165, 1.54) is 37.7 Å². The number of aromatic carboxylic acids is 1. The Morgan fingerprint density at radius 3 is 1.64 bits per heavy atom. The molecule has 3 N–H and O–H groups in total. The van der Waals surface area contributed by atoms with Gasteiger partial charge in [-0.1, -0.05) is 72.7 Å². The highest BCUT2D eigenvalue weighted by Crippen LogP contribution is 2.71. The molecule has 2 aromatic rings. The van der Waals surface area contributed by atoms with E-state index >= 15 is 0 Å². The molecule has 0 radical (unpaired) electrons. The molecular weight excluding hydrogens is 1300 g/mol. The largest absolute Gasteiger partial charge is 0.478 e. The number of carbonyl (C=O) groups is 6. The summed E-state index contributed by atoms with van der Waals surface area (Å²) in [7, 11) is 0. The van der Waals surface area contributed by atoms with Gasteiger partial charge in [0.1, 0.15) is 23.4 Å². The second-order valence-electron chi connectivity index (χ2n) is 34.6. The van der Waals surface area contributed by atoms with Crippen LogP contribution in [0.2, 0.25) is 0 Å². The molecule has 2 aromatic carbocycles. The Hall–Kier alpha value is -5.02. The third-order valence-electron chi connectivity index (χ3n) is 26.5. The van der Waals surface area contributed by atoms with E-state index in [2.05, 4.69) is 39.8 Å². The molecule has 12 fully saturated rings. The van der Waals surface area contributed by atoms with Crippen molar-refractivity contribution in [3.63, 3.8) is 0 Å². The Balaban J connectivity index is 0.000000146. The minimum atomic E-state index is -5.82. The van der Waals surface area contributed by atoms with Gasteiger partial charge in [-0.25, -0.2) is 4.79 Å². The molecule has 15 unspecified atom stereocenters. The summed E-state index contributed by atoms with van der Waals surface area (Å²) in [6.45, 7) is 29.4. The Bertz CT molecular complexity index is 3260. The van der Waals surface area contributed by atoms with Gasteiger partial charge in [-0.15, -0.1) is 0 Å². The van der Waals surface area contributed by atoms with Crippen molar-refractivity contribution in [3.05, 3.63) is 47.5 Å². The number of alkyl halides is 6. The Labute approximate surface area is 587 Å². The van der Waals surface area contributed by atoms with Crippen molar-refractivity contribution in [2.75, 3.05) is 0 Å². The number of hydrogen-bond donors (Lipinski definition) is 3. The molecule has 3 aliphatic heterocycles. The molecule has 15 nitrogen and oxygen atoms in total. The number of hydrogen-bond acceptors (Lipinski definition) is 14. The molecule has 0 amide bonds. The Kier molecular flexibility index (Phi) is 23.1. The first-order valence-corrected chi connectivity index (χ1v) is 37.5. The molecule has 10 bridgehead atoms. The molecular formula is C79H114F6O15. The summed E-state index contributed by atoms with van der Waals surface area (Å²) in [6.07, 6.45) is 3.26. The summed E-state index contributed by atoms with van der Waals surface area (Å²) in [5.41, 5.74) is -6.15. The van der Waals surface area contributed by atoms with Crippen molar-refractivity contribution in [1.29, 1.82) is 0 Å². The molecule has 0 spiro atoms. The zero-order valence-corrected chi connectivity index (χ0v) is 61.8. The van der Waals surface area contributed by atoms with E-state index in [0.29, 0.717) is 54.9 Å². The lowest BCUT2D eigenvalue weighted by molar-refractivity contribution is -0.387. The van der Waals surface area contributed by atoms with Gasteiger partial charge in [0.15, 0.2) is 12.2 Å². The van der Waals surface area contributed by atoms with Crippen molar-refractivity contribution < 1.29 is 98.9 Å². The third kappa shape index (κ3) is 15.7. The molecule has 9 saturated carbocycles. The lowest BCUT2D eigenvalue weighted by Crippen LogP contribution is -2.62. The van der Waals surface area contributed by atoms with Gasteiger partial charge in [0.05, 0.1) is 44.8 Å². The van der Waals surface area contributed by atoms with Crippen molar-refractivity contribution in [2.24, 2.45) is 80.8 Å². The van der Waals surface area contributed by atoms with Crippen LogP contribution in [0.15, 0.2) is 36.4 Å². The maximum Gasteiger partial charge on any atom is 0.426 e. The molecule has 14 rings (SSSR count). The van der Waals surface area contributed by atoms with Crippen LogP contribution in [-0.4, -0.2) is 116 Å². The van der Waals surface area contributed by atoms with Gasteiger partial charge in [0, 0.05) is 18.3 Å². The number of halogens is 6. The van der Waals surface area contributed by atoms with Crippen molar-refractivity contribution in [3.8, 4) is 0 Å². The summed E-state index contributed by atoms with van der Waals surface area (Å²) in [5, 5.41) is 31.0. The zero-order chi connectivity index (χ0) is 74.1. The van der Waals surface area contributed by atoms with Crippen LogP contribution in [-0.2, 0) is 52.4 Å². The average Bonchev–Trinajstić information content (AvgIpc) is 1.49. The highest BCUT2D eigenvalue weighted by molar-refractivity contribution is 5.94. The first kappa shape index (κ1) is 79.1. The number of carboxylic acids is 1. The lowest BCUT2D eigenvalue weighted by Gasteiger charge is -2.59. The Morgan fingerprint density at radius 1 is 0.600 bits per heavy atom. The van der Waals surface area contributed by atoms with Crippen LogP contribution in [0.1, 0.15) is 267 Å². The molecule has 3 saturated heterocycles. The van der Waals surface area contributed by atoms with E-state index in [4.69, 9.17) is 33.5 Å². The van der Waals surface area contributed by atoms with Crippen LogP contribution in [0.4, 0.5) is 26.3 Å². The fourth-order valence-electron chi connectivity index (χ4n) is 18.9. The van der Waals surface area contributed by atoms with Crippen LogP contribution >= 0.6 is 0 Å². The average molecular weight is 1420 g/mol. The van der Waals surface area contributed by atoms with Crippen LogP contribution in [0.25, 0.3) is 10.8 Å². The summed E-state index contributed by atoms with van der Waals surface area (Å²) in [4.78, 5) is 71.5. The first-order valence-electron chi connectivity index (χ1n) is 37.5. The first-order chi connectivity index (χ1) is 46.4. The summed E-state index contributed by atoms with van der Waals surface area (Å²) >= 11 is 0. The Morgan fingerprint density at radius 2 is 1.12 bits per heavy atom. The summed E-state index contributed by atoms with van der Waals surface area (Å²) in [5.74, 6) is 2.96. The normalized spacial score (nSPS) is 34.4. The van der Waals surface area contributed by atoms with Crippen molar-refractivity contribution in [2.45, 2.75) is 316 Å². The molecule has 562 valence electrons. The van der Waals surface area contributed by atoms with E-state index in [1.54, 1.807) is 32.9 Å². The van der Waals surface area contributed by atoms with Crippen LogP contribution < -0.4 is 0 Å². The van der Waals surface area contributed by atoms with Gasteiger partial charge in [-0.3, -0.25) is 24.0 Å². The predicted octanol–water partition coefficient (Wildman–Crippen LogP) is 17.3. The number of carbonyl (C=O) groups excluding carboxylic acids is 5. The van der Waals surface area contributed by atoms with Gasteiger partial charge in [-0.05, 0) is 266 Å². The van der Waals surface area contributed by atoms with Gasteiger partial charge >= 0.3 is 48.2 Å². The van der Waals surface area contributed by atoms with Crippen LogP contribution in [0.5, 0.6) is 0 Å². The number of aliphatic hydroxyl groups is 2. The quantitative estimate of drug-likeness (QED) is 0.0581. The number of esters is 5. The number of ether oxygens (including phenoxy) is 6. The van der Waals surface area contributed by atoms with Gasteiger partial charge < -0.3 is 43.7 Å². The second kappa shape index (κ2) is 29.1. The zero-order valence-electron chi connectivity index (χ0n) is 61.8. The molecule has 3 heterocycles. The third-order valence-corrected chi connectivity index (χ3v) is 26.5. The topological polar surface area (TPSA) is 218 Å². The monoisotopic (exact) mass is 1420 g/mol. The van der Waals surface area contributed by atoms with E-state index in [-0.39, 0.29) is 71.5 Å². The molecule has 12 aliphatic rings. The van der Waals surface area contributed by atoms with E-state index < -0.39 is 88.8 Å².